The number of nitriles is 1. The average molecular weight is 424 g/mol. The molecule has 0 aromatic carbocycles. The van der Waals surface area contributed by atoms with Gasteiger partial charge in [-0.15, -0.1) is 0 Å². The van der Waals surface area contributed by atoms with Crippen LogP contribution in [-0.2, 0) is 11.2 Å². The molecule has 2 aliphatic heterocycles. The second-order valence-corrected chi connectivity index (χ2v) is 9.48. The lowest BCUT2D eigenvalue weighted by Gasteiger charge is -2.44. The average Bonchev–Trinajstić information content (AvgIpc) is 2.76. The number of hydrogen-bond donors (Lipinski definition) is 0. The molecule has 6 nitrogen and oxygen atoms in total. The summed E-state index contributed by atoms with van der Waals surface area (Å²) in [6.07, 6.45) is 9.45. The molecule has 2 fully saturated rings. The van der Waals surface area contributed by atoms with Crippen LogP contribution < -0.4 is 4.90 Å². The first-order valence-electron chi connectivity index (χ1n) is 12.3. The molecule has 1 unspecified atom stereocenters. The monoisotopic (exact) mass is 423 g/mol. The molecular weight excluding hydrogens is 386 g/mol. The maximum Gasteiger partial charge on any atom is 0.223 e. The molecule has 0 bridgehead atoms. The topological polar surface area (TPSA) is 63.5 Å². The Balaban J connectivity index is 1.54. The molecule has 4 rings (SSSR count). The summed E-state index contributed by atoms with van der Waals surface area (Å²) in [7, 11) is 2.11. The molecule has 0 radical (unpaired) electrons. The molecule has 6 heteroatoms. The van der Waals surface area contributed by atoms with Crippen molar-refractivity contribution in [2.45, 2.75) is 89.8 Å². The number of anilines is 1. The van der Waals surface area contributed by atoms with Crippen LogP contribution in [0.25, 0.3) is 0 Å². The van der Waals surface area contributed by atoms with Gasteiger partial charge in [-0.25, -0.2) is 4.98 Å². The van der Waals surface area contributed by atoms with Crippen molar-refractivity contribution in [3.63, 3.8) is 0 Å². The van der Waals surface area contributed by atoms with E-state index in [-0.39, 0.29) is 11.9 Å². The van der Waals surface area contributed by atoms with Crippen molar-refractivity contribution >= 4 is 11.7 Å². The van der Waals surface area contributed by atoms with Crippen LogP contribution in [-0.4, -0.2) is 59.5 Å². The molecule has 168 valence electrons. The van der Waals surface area contributed by atoms with Crippen LogP contribution in [0.2, 0.25) is 0 Å². The molecule has 3 heterocycles. The van der Waals surface area contributed by atoms with Gasteiger partial charge in [-0.3, -0.25) is 4.79 Å². The summed E-state index contributed by atoms with van der Waals surface area (Å²) in [5.74, 6) is 1.05. The van der Waals surface area contributed by atoms with Gasteiger partial charge in [-0.05, 0) is 50.2 Å². The van der Waals surface area contributed by atoms with E-state index in [2.05, 4.69) is 29.8 Å². The molecule has 1 aromatic rings. The smallest absolute Gasteiger partial charge is 0.223 e. The van der Waals surface area contributed by atoms with Gasteiger partial charge in [0.1, 0.15) is 11.9 Å². The van der Waals surface area contributed by atoms with Crippen LogP contribution in [0, 0.1) is 11.3 Å². The summed E-state index contributed by atoms with van der Waals surface area (Å²) in [6.45, 7) is 7.20. The number of rotatable bonds is 6. The molecular formula is C25H37N5O. The fourth-order valence-corrected chi connectivity index (χ4v) is 5.61. The van der Waals surface area contributed by atoms with Gasteiger partial charge in [0.25, 0.3) is 0 Å². The Morgan fingerprint density at radius 1 is 1.23 bits per heavy atom. The van der Waals surface area contributed by atoms with Gasteiger partial charge in [0, 0.05) is 57.3 Å². The van der Waals surface area contributed by atoms with E-state index in [0.29, 0.717) is 18.0 Å². The fraction of sp³-hybridized carbons (Fsp3) is 0.720. The Hall–Kier alpha value is -2.13. The minimum absolute atomic E-state index is 0.0347. The highest BCUT2D eigenvalue weighted by Crippen LogP contribution is 2.36. The predicted molar refractivity (Wildman–Crippen MR) is 123 cm³/mol. The summed E-state index contributed by atoms with van der Waals surface area (Å²) in [5, 5.41) is 9.93. The lowest BCUT2D eigenvalue weighted by molar-refractivity contribution is -0.134. The predicted octanol–water partition coefficient (Wildman–Crippen LogP) is 4.04. The summed E-state index contributed by atoms with van der Waals surface area (Å²) in [4.78, 5) is 24.6. The number of carbonyl (C=O) groups excluding carboxylic acids is 1. The number of likely N-dealkylation sites (tertiary alicyclic amines) is 1. The number of fused-ring (bicyclic) bond motifs is 1. The lowest BCUT2D eigenvalue weighted by Crippen LogP contribution is -2.49. The third-order valence-electron chi connectivity index (χ3n) is 7.70. The van der Waals surface area contributed by atoms with Crippen molar-refractivity contribution in [2.24, 2.45) is 0 Å². The van der Waals surface area contributed by atoms with E-state index in [1.54, 1.807) is 0 Å². The number of pyridine rings is 1. The maximum absolute atomic E-state index is 12.6. The second kappa shape index (κ2) is 9.56. The summed E-state index contributed by atoms with van der Waals surface area (Å²) in [5.41, 5.74) is 2.79. The minimum Gasteiger partial charge on any atom is -0.355 e. The highest BCUT2D eigenvalue weighted by atomic mass is 16.2. The highest BCUT2D eigenvalue weighted by Gasteiger charge is 2.34. The lowest BCUT2D eigenvalue weighted by atomic mass is 9.89. The number of nitrogens with zero attached hydrogens (tertiary/aromatic N) is 5. The molecule has 1 aromatic heterocycles. The van der Waals surface area contributed by atoms with Crippen LogP contribution in [0.1, 0.15) is 88.1 Å². The zero-order valence-electron chi connectivity index (χ0n) is 19.4. The summed E-state index contributed by atoms with van der Waals surface area (Å²) >= 11 is 0. The fourth-order valence-electron chi connectivity index (χ4n) is 5.61. The van der Waals surface area contributed by atoms with Crippen molar-refractivity contribution < 1.29 is 4.79 Å². The molecule has 0 spiro atoms. The molecule has 3 aliphatic rings. The Morgan fingerprint density at radius 2 is 1.97 bits per heavy atom. The SMILES string of the molecule is CCCC(=O)N1CCc2nc(N(C)C3CCN(C4CCC4)CC3)c(C#N)cc2C1CC. The van der Waals surface area contributed by atoms with Gasteiger partial charge < -0.3 is 14.7 Å². The second-order valence-electron chi connectivity index (χ2n) is 9.48. The Morgan fingerprint density at radius 3 is 2.55 bits per heavy atom. The van der Waals surface area contributed by atoms with Crippen molar-refractivity contribution in [1.82, 2.24) is 14.8 Å². The summed E-state index contributed by atoms with van der Waals surface area (Å²) in [6, 6.07) is 5.71. The third kappa shape index (κ3) is 4.30. The zero-order valence-corrected chi connectivity index (χ0v) is 19.4. The van der Waals surface area contributed by atoms with Crippen LogP contribution in [0.15, 0.2) is 6.07 Å². The van der Waals surface area contributed by atoms with Crippen molar-refractivity contribution in [3.05, 3.63) is 22.9 Å². The van der Waals surface area contributed by atoms with Crippen LogP contribution >= 0.6 is 0 Å². The molecule has 1 saturated heterocycles. The Labute approximate surface area is 187 Å². The minimum atomic E-state index is 0.0347. The third-order valence-corrected chi connectivity index (χ3v) is 7.70. The first kappa shape index (κ1) is 22.1. The van der Waals surface area contributed by atoms with Crippen LogP contribution in [0.5, 0.6) is 0 Å². The molecule has 1 amide bonds. The van der Waals surface area contributed by atoms with E-state index < -0.39 is 0 Å². The standard InChI is InChI=1S/C25H37N5O/c1-4-7-24(31)30-15-12-22-21(23(30)5-2)16-18(17-26)25(27-22)28(3)19-10-13-29(14-11-19)20-8-6-9-20/h16,19-20,23H,4-15H2,1-3H3. The van der Waals surface area contributed by atoms with Gasteiger partial charge in [0.15, 0.2) is 0 Å². The Kier molecular flexibility index (Phi) is 6.81. The summed E-state index contributed by atoms with van der Waals surface area (Å²) < 4.78 is 0. The van der Waals surface area contributed by atoms with E-state index in [0.717, 1.165) is 74.9 Å². The van der Waals surface area contributed by atoms with Gasteiger partial charge in [-0.2, -0.15) is 5.26 Å². The number of carbonyl (C=O) groups is 1. The van der Waals surface area contributed by atoms with Gasteiger partial charge in [-0.1, -0.05) is 20.3 Å². The van der Waals surface area contributed by atoms with E-state index in [1.807, 2.05) is 17.9 Å². The van der Waals surface area contributed by atoms with E-state index >= 15 is 0 Å². The zero-order chi connectivity index (χ0) is 22.0. The van der Waals surface area contributed by atoms with Crippen molar-refractivity contribution in [3.8, 4) is 6.07 Å². The molecule has 1 saturated carbocycles. The maximum atomic E-state index is 12.6. The molecule has 1 aliphatic carbocycles. The van der Waals surface area contributed by atoms with E-state index in [1.165, 1.54) is 19.3 Å². The van der Waals surface area contributed by atoms with Crippen LogP contribution in [0.4, 0.5) is 5.82 Å². The number of piperidine rings is 1. The van der Waals surface area contributed by atoms with Gasteiger partial charge in [0.2, 0.25) is 5.91 Å². The van der Waals surface area contributed by atoms with Crippen molar-refractivity contribution in [1.29, 1.82) is 5.26 Å². The van der Waals surface area contributed by atoms with E-state index in [4.69, 9.17) is 4.98 Å². The first-order chi connectivity index (χ1) is 15.1. The highest BCUT2D eigenvalue weighted by molar-refractivity contribution is 5.77. The quantitative estimate of drug-likeness (QED) is 0.691. The number of aromatic nitrogens is 1. The van der Waals surface area contributed by atoms with Crippen molar-refractivity contribution in [2.75, 3.05) is 31.6 Å². The normalized spacial score (nSPS) is 22.5. The van der Waals surface area contributed by atoms with E-state index in [9.17, 15) is 10.1 Å². The Bertz CT molecular complexity index is 835. The number of amides is 1. The number of hydrogen-bond acceptors (Lipinski definition) is 5. The first-order valence-corrected chi connectivity index (χ1v) is 12.3. The largest absolute Gasteiger partial charge is 0.355 e. The van der Waals surface area contributed by atoms with Gasteiger partial charge in [0.05, 0.1) is 11.6 Å². The van der Waals surface area contributed by atoms with Crippen LogP contribution in [0.3, 0.4) is 0 Å². The van der Waals surface area contributed by atoms with Gasteiger partial charge >= 0.3 is 0 Å². The molecule has 0 N–H and O–H groups in total. The molecule has 1 atom stereocenters. The molecule has 31 heavy (non-hydrogen) atoms.